The fourth-order valence-electron chi connectivity index (χ4n) is 1.63. The summed E-state index contributed by atoms with van der Waals surface area (Å²) in [5, 5.41) is 1.89. The normalized spacial score (nSPS) is 11.0. The summed E-state index contributed by atoms with van der Waals surface area (Å²) in [5.74, 6) is 0. The number of rotatable bonds is 1. The van der Waals surface area contributed by atoms with Gasteiger partial charge in [0.05, 0.1) is 5.52 Å². The van der Waals surface area contributed by atoms with Crippen LogP contribution in [0.4, 0.5) is 0 Å². The van der Waals surface area contributed by atoms with Gasteiger partial charge in [0.15, 0.2) is 0 Å². The molecule has 1 heterocycles. The van der Waals surface area contributed by atoms with Crippen LogP contribution in [0.2, 0.25) is 5.15 Å². The highest BCUT2D eigenvalue weighted by molar-refractivity contribution is 6.31. The standard InChI is InChI=1S/C10H11ClN2/c1-13-9(11)5-7-3-2-4-8(6-12)10(7)13/h2-5H,6,12H2,1H3. The first-order chi connectivity index (χ1) is 6.24. The van der Waals surface area contributed by atoms with Crippen molar-refractivity contribution in [3.63, 3.8) is 0 Å². The van der Waals surface area contributed by atoms with Crippen molar-refractivity contribution in [1.82, 2.24) is 4.57 Å². The predicted molar refractivity (Wildman–Crippen MR) is 55.8 cm³/mol. The van der Waals surface area contributed by atoms with Gasteiger partial charge in [0, 0.05) is 19.0 Å². The van der Waals surface area contributed by atoms with Crippen LogP contribution in [0.25, 0.3) is 10.9 Å². The van der Waals surface area contributed by atoms with E-state index in [-0.39, 0.29) is 0 Å². The summed E-state index contributed by atoms with van der Waals surface area (Å²) in [6.45, 7) is 0.547. The Morgan fingerprint density at radius 2 is 2.23 bits per heavy atom. The Morgan fingerprint density at radius 1 is 1.46 bits per heavy atom. The minimum absolute atomic E-state index is 0.547. The molecular weight excluding hydrogens is 184 g/mol. The number of hydrogen-bond acceptors (Lipinski definition) is 1. The van der Waals surface area contributed by atoms with Crippen LogP contribution in [0.5, 0.6) is 0 Å². The molecule has 0 aliphatic rings. The number of halogens is 1. The van der Waals surface area contributed by atoms with Gasteiger partial charge in [-0.05, 0) is 11.6 Å². The second-order valence-corrected chi connectivity index (χ2v) is 3.47. The van der Waals surface area contributed by atoms with Gasteiger partial charge in [0.25, 0.3) is 0 Å². The molecule has 0 aliphatic carbocycles. The lowest BCUT2D eigenvalue weighted by Crippen LogP contribution is -1.99. The van der Waals surface area contributed by atoms with E-state index in [0.717, 1.165) is 21.6 Å². The van der Waals surface area contributed by atoms with Gasteiger partial charge in [0.1, 0.15) is 5.15 Å². The van der Waals surface area contributed by atoms with E-state index >= 15 is 0 Å². The summed E-state index contributed by atoms with van der Waals surface area (Å²) in [6, 6.07) is 8.02. The number of para-hydroxylation sites is 1. The van der Waals surface area contributed by atoms with Crippen LogP contribution < -0.4 is 5.73 Å². The van der Waals surface area contributed by atoms with Crippen LogP contribution in [-0.2, 0) is 13.6 Å². The Balaban J connectivity index is 2.87. The minimum Gasteiger partial charge on any atom is -0.334 e. The molecule has 1 aromatic carbocycles. The van der Waals surface area contributed by atoms with E-state index in [1.807, 2.05) is 35.9 Å². The molecule has 0 atom stereocenters. The highest BCUT2D eigenvalue weighted by Crippen LogP contribution is 2.24. The SMILES string of the molecule is Cn1c(Cl)cc2cccc(CN)c21. The van der Waals surface area contributed by atoms with Crippen molar-refractivity contribution in [1.29, 1.82) is 0 Å². The molecule has 0 spiro atoms. The summed E-state index contributed by atoms with van der Waals surface area (Å²) in [5.41, 5.74) is 7.90. The van der Waals surface area contributed by atoms with Crippen molar-refractivity contribution in [2.75, 3.05) is 0 Å². The van der Waals surface area contributed by atoms with Crippen LogP contribution in [-0.4, -0.2) is 4.57 Å². The zero-order valence-corrected chi connectivity index (χ0v) is 8.17. The molecule has 2 nitrogen and oxygen atoms in total. The molecule has 0 bridgehead atoms. The third kappa shape index (κ3) is 1.23. The smallest absolute Gasteiger partial charge is 0.109 e. The lowest BCUT2D eigenvalue weighted by atomic mass is 10.1. The maximum Gasteiger partial charge on any atom is 0.109 e. The summed E-state index contributed by atoms with van der Waals surface area (Å²) in [4.78, 5) is 0. The maximum atomic E-state index is 6.00. The van der Waals surface area contributed by atoms with Gasteiger partial charge in [-0.3, -0.25) is 0 Å². The number of nitrogens with two attached hydrogens (primary N) is 1. The average Bonchev–Trinajstić information content (AvgIpc) is 2.43. The van der Waals surface area contributed by atoms with E-state index in [4.69, 9.17) is 17.3 Å². The van der Waals surface area contributed by atoms with Crippen molar-refractivity contribution < 1.29 is 0 Å². The molecule has 0 fully saturated rings. The minimum atomic E-state index is 0.547. The van der Waals surface area contributed by atoms with Crippen LogP contribution in [0.1, 0.15) is 5.56 Å². The second kappa shape index (κ2) is 3.05. The molecule has 3 heteroatoms. The van der Waals surface area contributed by atoms with Crippen molar-refractivity contribution >= 4 is 22.5 Å². The lowest BCUT2D eigenvalue weighted by Gasteiger charge is -2.03. The molecule has 2 rings (SSSR count). The zero-order valence-electron chi connectivity index (χ0n) is 7.42. The zero-order chi connectivity index (χ0) is 9.42. The van der Waals surface area contributed by atoms with Gasteiger partial charge < -0.3 is 10.3 Å². The highest BCUT2D eigenvalue weighted by Gasteiger charge is 2.06. The molecular formula is C10H11ClN2. The molecule has 2 aromatic rings. The number of benzene rings is 1. The Kier molecular flexibility index (Phi) is 2.02. The first-order valence-electron chi connectivity index (χ1n) is 4.17. The van der Waals surface area contributed by atoms with Crippen LogP contribution in [0, 0.1) is 0 Å². The van der Waals surface area contributed by atoms with E-state index < -0.39 is 0 Å². The number of nitrogens with zero attached hydrogens (tertiary/aromatic N) is 1. The topological polar surface area (TPSA) is 30.9 Å². The first kappa shape index (κ1) is 8.60. The van der Waals surface area contributed by atoms with E-state index in [9.17, 15) is 0 Å². The Labute approximate surface area is 81.9 Å². The Bertz CT molecular complexity index is 445. The largest absolute Gasteiger partial charge is 0.334 e. The molecule has 1 aromatic heterocycles. The van der Waals surface area contributed by atoms with Crippen LogP contribution in [0.15, 0.2) is 24.3 Å². The molecule has 0 unspecified atom stereocenters. The maximum absolute atomic E-state index is 6.00. The quantitative estimate of drug-likeness (QED) is 0.742. The molecule has 68 valence electrons. The molecule has 0 aliphatic heterocycles. The summed E-state index contributed by atoms with van der Waals surface area (Å²) >= 11 is 6.00. The van der Waals surface area contributed by atoms with E-state index in [0.29, 0.717) is 6.54 Å². The molecule has 0 radical (unpaired) electrons. The Morgan fingerprint density at radius 3 is 2.92 bits per heavy atom. The highest BCUT2D eigenvalue weighted by atomic mass is 35.5. The van der Waals surface area contributed by atoms with Gasteiger partial charge in [0.2, 0.25) is 0 Å². The fraction of sp³-hybridized carbons (Fsp3) is 0.200. The van der Waals surface area contributed by atoms with Crippen molar-refractivity contribution in [3.8, 4) is 0 Å². The third-order valence-corrected chi connectivity index (χ3v) is 2.66. The van der Waals surface area contributed by atoms with Gasteiger partial charge in [-0.25, -0.2) is 0 Å². The average molecular weight is 195 g/mol. The number of aromatic nitrogens is 1. The van der Waals surface area contributed by atoms with E-state index in [1.165, 1.54) is 0 Å². The predicted octanol–water partition coefficient (Wildman–Crippen LogP) is 2.29. The number of fused-ring (bicyclic) bond motifs is 1. The van der Waals surface area contributed by atoms with Gasteiger partial charge in [-0.15, -0.1) is 0 Å². The van der Waals surface area contributed by atoms with Crippen molar-refractivity contribution in [3.05, 3.63) is 35.0 Å². The molecule has 2 N–H and O–H groups in total. The molecule has 0 saturated carbocycles. The van der Waals surface area contributed by atoms with Gasteiger partial charge in [-0.1, -0.05) is 29.8 Å². The summed E-state index contributed by atoms with van der Waals surface area (Å²) < 4.78 is 1.96. The monoisotopic (exact) mass is 194 g/mol. The van der Waals surface area contributed by atoms with Gasteiger partial charge in [-0.2, -0.15) is 0 Å². The molecule has 0 amide bonds. The van der Waals surface area contributed by atoms with Gasteiger partial charge >= 0.3 is 0 Å². The first-order valence-corrected chi connectivity index (χ1v) is 4.54. The molecule has 0 saturated heterocycles. The van der Waals surface area contributed by atoms with E-state index in [2.05, 4.69) is 0 Å². The summed E-state index contributed by atoms with van der Waals surface area (Å²) in [7, 11) is 1.95. The van der Waals surface area contributed by atoms with E-state index in [1.54, 1.807) is 0 Å². The second-order valence-electron chi connectivity index (χ2n) is 3.09. The van der Waals surface area contributed by atoms with Crippen molar-refractivity contribution in [2.45, 2.75) is 6.54 Å². The lowest BCUT2D eigenvalue weighted by molar-refractivity contribution is 0.950. The van der Waals surface area contributed by atoms with Crippen LogP contribution in [0.3, 0.4) is 0 Å². The van der Waals surface area contributed by atoms with Crippen molar-refractivity contribution in [2.24, 2.45) is 12.8 Å². The Hall–Kier alpha value is -0.990. The van der Waals surface area contributed by atoms with Crippen LogP contribution >= 0.6 is 11.6 Å². The molecule has 13 heavy (non-hydrogen) atoms. The third-order valence-electron chi connectivity index (χ3n) is 2.30. The summed E-state index contributed by atoms with van der Waals surface area (Å²) in [6.07, 6.45) is 0. The fourth-order valence-corrected chi connectivity index (χ4v) is 1.84. The number of aryl methyl sites for hydroxylation is 1. The number of hydrogen-bond donors (Lipinski definition) is 1.